The predicted octanol–water partition coefficient (Wildman–Crippen LogP) is 5.83. The maximum Gasteiger partial charge on any atom is 0.146 e. The first-order chi connectivity index (χ1) is 8.60. The Morgan fingerprint density at radius 2 is 1.78 bits per heavy atom. The number of ether oxygens (including phenoxy) is 1. The zero-order chi connectivity index (χ0) is 13.1. The normalized spacial score (nSPS) is 10.4. The molecule has 0 amide bonds. The zero-order valence-electron chi connectivity index (χ0n) is 9.71. The van der Waals surface area contributed by atoms with Gasteiger partial charge in [-0.1, -0.05) is 29.3 Å². The minimum absolute atomic E-state index is 0.333. The fourth-order valence-electron chi connectivity index (χ4n) is 1.56. The van der Waals surface area contributed by atoms with E-state index in [0.29, 0.717) is 27.4 Å². The first-order valence-corrected chi connectivity index (χ1v) is 6.67. The van der Waals surface area contributed by atoms with E-state index in [0.717, 1.165) is 11.1 Å². The average Bonchev–Trinajstić information content (AvgIpc) is 2.36. The molecule has 94 valence electrons. The molecule has 0 radical (unpaired) electrons. The van der Waals surface area contributed by atoms with Crippen LogP contribution >= 0.6 is 34.8 Å². The molecule has 0 heterocycles. The summed E-state index contributed by atoms with van der Waals surface area (Å²) >= 11 is 17.9. The molecule has 2 rings (SSSR count). The summed E-state index contributed by atoms with van der Waals surface area (Å²) in [6.45, 7) is 1.98. The van der Waals surface area contributed by atoms with Gasteiger partial charge < -0.3 is 4.74 Å². The average molecular weight is 302 g/mol. The van der Waals surface area contributed by atoms with Gasteiger partial charge in [-0.15, -0.1) is 11.6 Å². The van der Waals surface area contributed by atoms with E-state index in [1.807, 2.05) is 25.1 Å². The second kappa shape index (κ2) is 5.83. The van der Waals surface area contributed by atoms with E-state index in [2.05, 4.69) is 0 Å². The van der Waals surface area contributed by atoms with Crippen LogP contribution in [-0.2, 0) is 5.88 Å². The van der Waals surface area contributed by atoms with Crippen molar-refractivity contribution in [2.75, 3.05) is 0 Å². The van der Waals surface area contributed by atoms with Gasteiger partial charge in [0.05, 0.1) is 10.9 Å². The Labute approximate surface area is 121 Å². The Balaban J connectivity index is 2.36. The monoisotopic (exact) mass is 300 g/mol. The third-order valence-corrected chi connectivity index (χ3v) is 3.31. The van der Waals surface area contributed by atoms with Crippen LogP contribution < -0.4 is 4.74 Å². The SMILES string of the molecule is Cc1ccc(Cl)c(Oc2ccc(Cl)cc2CCl)c1. The van der Waals surface area contributed by atoms with Gasteiger partial charge >= 0.3 is 0 Å². The summed E-state index contributed by atoms with van der Waals surface area (Å²) in [7, 11) is 0. The molecule has 0 atom stereocenters. The fourth-order valence-corrected chi connectivity index (χ4v) is 2.12. The molecule has 0 aromatic heterocycles. The van der Waals surface area contributed by atoms with Gasteiger partial charge in [0, 0.05) is 10.6 Å². The molecular weight excluding hydrogens is 291 g/mol. The molecule has 0 spiro atoms. The van der Waals surface area contributed by atoms with Gasteiger partial charge in [-0.3, -0.25) is 0 Å². The molecule has 0 fully saturated rings. The van der Waals surface area contributed by atoms with Gasteiger partial charge in [-0.25, -0.2) is 0 Å². The molecule has 0 aliphatic rings. The van der Waals surface area contributed by atoms with E-state index in [4.69, 9.17) is 39.5 Å². The highest BCUT2D eigenvalue weighted by Crippen LogP contribution is 2.33. The van der Waals surface area contributed by atoms with Crippen molar-refractivity contribution in [3.8, 4) is 11.5 Å². The first-order valence-electron chi connectivity index (χ1n) is 5.38. The number of hydrogen-bond acceptors (Lipinski definition) is 1. The summed E-state index contributed by atoms with van der Waals surface area (Å²) in [5.74, 6) is 1.62. The van der Waals surface area contributed by atoms with Crippen molar-refractivity contribution in [2.24, 2.45) is 0 Å². The number of alkyl halides is 1. The lowest BCUT2D eigenvalue weighted by atomic mass is 10.2. The smallest absolute Gasteiger partial charge is 0.146 e. The van der Waals surface area contributed by atoms with E-state index < -0.39 is 0 Å². The van der Waals surface area contributed by atoms with Crippen LogP contribution in [0.5, 0.6) is 11.5 Å². The maximum absolute atomic E-state index is 6.09. The van der Waals surface area contributed by atoms with Crippen molar-refractivity contribution in [2.45, 2.75) is 12.8 Å². The molecule has 0 N–H and O–H groups in total. The molecule has 0 aliphatic heterocycles. The topological polar surface area (TPSA) is 9.23 Å². The van der Waals surface area contributed by atoms with Crippen molar-refractivity contribution in [3.63, 3.8) is 0 Å². The molecular formula is C14H11Cl3O. The van der Waals surface area contributed by atoms with Crippen LogP contribution in [0.25, 0.3) is 0 Å². The Hall–Kier alpha value is -0.890. The lowest BCUT2D eigenvalue weighted by Crippen LogP contribution is -1.91. The van der Waals surface area contributed by atoms with Gasteiger partial charge in [0.1, 0.15) is 11.5 Å². The van der Waals surface area contributed by atoms with Crippen LogP contribution in [0.2, 0.25) is 10.0 Å². The van der Waals surface area contributed by atoms with E-state index in [-0.39, 0.29) is 0 Å². The molecule has 0 aliphatic carbocycles. The minimum atomic E-state index is 0.333. The largest absolute Gasteiger partial charge is 0.455 e. The standard InChI is InChI=1S/C14H11Cl3O/c1-9-2-4-12(17)14(6-9)18-13-5-3-11(16)7-10(13)8-15/h2-7H,8H2,1H3. The van der Waals surface area contributed by atoms with Crippen LogP contribution in [0, 0.1) is 6.92 Å². The van der Waals surface area contributed by atoms with Gasteiger partial charge in [0.2, 0.25) is 0 Å². The molecule has 4 heteroatoms. The van der Waals surface area contributed by atoms with Crippen LogP contribution in [-0.4, -0.2) is 0 Å². The Bertz CT molecular complexity index is 567. The minimum Gasteiger partial charge on any atom is -0.455 e. The highest BCUT2D eigenvalue weighted by atomic mass is 35.5. The lowest BCUT2D eigenvalue weighted by molar-refractivity contribution is 0.478. The van der Waals surface area contributed by atoms with Gasteiger partial charge in [-0.05, 0) is 42.8 Å². The quantitative estimate of drug-likeness (QED) is 0.648. The highest BCUT2D eigenvalue weighted by Gasteiger charge is 2.08. The molecule has 0 saturated heterocycles. The third-order valence-electron chi connectivity index (χ3n) is 2.47. The number of benzene rings is 2. The van der Waals surface area contributed by atoms with E-state index in [1.54, 1.807) is 18.2 Å². The van der Waals surface area contributed by atoms with Gasteiger partial charge in [-0.2, -0.15) is 0 Å². The number of halogens is 3. The second-order valence-corrected chi connectivity index (χ2v) is 5.03. The third kappa shape index (κ3) is 3.11. The molecule has 2 aromatic carbocycles. The molecule has 18 heavy (non-hydrogen) atoms. The van der Waals surface area contributed by atoms with Crippen molar-refractivity contribution in [1.82, 2.24) is 0 Å². The Morgan fingerprint density at radius 1 is 1.00 bits per heavy atom. The number of rotatable bonds is 3. The highest BCUT2D eigenvalue weighted by molar-refractivity contribution is 6.32. The van der Waals surface area contributed by atoms with E-state index >= 15 is 0 Å². The lowest BCUT2D eigenvalue weighted by Gasteiger charge is -2.11. The van der Waals surface area contributed by atoms with E-state index in [1.165, 1.54) is 0 Å². The van der Waals surface area contributed by atoms with E-state index in [9.17, 15) is 0 Å². The Morgan fingerprint density at radius 3 is 2.50 bits per heavy atom. The summed E-state index contributed by atoms with van der Waals surface area (Å²) in [5, 5.41) is 1.20. The first kappa shape index (κ1) is 13.5. The predicted molar refractivity (Wildman–Crippen MR) is 77.3 cm³/mol. The molecule has 1 nitrogen and oxygen atoms in total. The van der Waals surface area contributed by atoms with Crippen molar-refractivity contribution < 1.29 is 4.74 Å². The van der Waals surface area contributed by atoms with Crippen LogP contribution in [0.3, 0.4) is 0 Å². The summed E-state index contributed by atoms with van der Waals surface area (Å²) in [6.07, 6.45) is 0. The van der Waals surface area contributed by atoms with Crippen LogP contribution in [0.15, 0.2) is 36.4 Å². The summed E-state index contributed by atoms with van der Waals surface area (Å²) in [5.41, 5.74) is 1.91. The second-order valence-electron chi connectivity index (χ2n) is 3.92. The molecule has 0 unspecified atom stereocenters. The fraction of sp³-hybridized carbons (Fsp3) is 0.143. The summed E-state index contributed by atoms with van der Waals surface area (Å²) in [4.78, 5) is 0. The van der Waals surface area contributed by atoms with Crippen molar-refractivity contribution in [3.05, 3.63) is 57.6 Å². The molecule has 0 saturated carbocycles. The number of aryl methyl sites for hydroxylation is 1. The summed E-state index contributed by atoms with van der Waals surface area (Å²) in [6, 6.07) is 11.0. The maximum atomic E-state index is 6.09. The van der Waals surface area contributed by atoms with Crippen LogP contribution in [0.4, 0.5) is 0 Å². The van der Waals surface area contributed by atoms with Crippen LogP contribution in [0.1, 0.15) is 11.1 Å². The molecule has 0 bridgehead atoms. The van der Waals surface area contributed by atoms with Crippen molar-refractivity contribution >= 4 is 34.8 Å². The number of hydrogen-bond donors (Lipinski definition) is 0. The molecule has 2 aromatic rings. The Kier molecular flexibility index (Phi) is 4.39. The zero-order valence-corrected chi connectivity index (χ0v) is 12.0. The summed E-state index contributed by atoms with van der Waals surface area (Å²) < 4.78 is 5.79. The van der Waals surface area contributed by atoms with Crippen molar-refractivity contribution in [1.29, 1.82) is 0 Å². The van der Waals surface area contributed by atoms with Gasteiger partial charge in [0.15, 0.2) is 0 Å². The van der Waals surface area contributed by atoms with Gasteiger partial charge in [0.25, 0.3) is 0 Å².